The van der Waals surface area contributed by atoms with Gasteiger partial charge in [-0.2, -0.15) is 0 Å². The van der Waals surface area contributed by atoms with Crippen molar-refractivity contribution in [1.82, 2.24) is 5.32 Å². The maximum atomic E-state index is 11.9. The first-order valence-electron chi connectivity index (χ1n) is 6.76. The smallest absolute Gasteiger partial charge is 0.178 e. The molecule has 1 fully saturated rings. The average Bonchev–Trinajstić information content (AvgIpc) is 2.39. The van der Waals surface area contributed by atoms with E-state index < -0.39 is 9.84 Å². The third kappa shape index (κ3) is 2.19. The van der Waals surface area contributed by atoms with Crippen molar-refractivity contribution in [3.8, 4) is 0 Å². The van der Waals surface area contributed by atoms with Gasteiger partial charge in [0.1, 0.15) is 0 Å². The van der Waals surface area contributed by atoms with E-state index in [0.717, 1.165) is 31.4 Å². The summed E-state index contributed by atoms with van der Waals surface area (Å²) < 4.78 is 23.9. The van der Waals surface area contributed by atoms with E-state index in [9.17, 15) is 8.42 Å². The number of sulfone groups is 1. The third-order valence-corrected chi connectivity index (χ3v) is 5.89. The number of hydrogen-bond acceptors (Lipinski definition) is 3. The van der Waals surface area contributed by atoms with Gasteiger partial charge in [0, 0.05) is 6.04 Å². The molecule has 0 bridgehead atoms. The second-order valence-electron chi connectivity index (χ2n) is 5.29. The van der Waals surface area contributed by atoms with Gasteiger partial charge >= 0.3 is 0 Å². The Morgan fingerprint density at radius 3 is 2.83 bits per heavy atom. The number of rotatable bonds is 1. The molecule has 0 amide bonds. The van der Waals surface area contributed by atoms with Crippen LogP contribution >= 0.6 is 0 Å². The van der Waals surface area contributed by atoms with Gasteiger partial charge in [-0.1, -0.05) is 18.6 Å². The zero-order valence-electron chi connectivity index (χ0n) is 10.5. The van der Waals surface area contributed by atoms with Crippen molar-refractivity contribution >= 4 is 9.84 Å². The van der Waals surface area contributed by atoms with Crippen LogP contribution in [0.15, 0.2) is 23.1 Å². The first-order valence-corrected chi connectivity index (χ1v) is 8.41. The molecule has 3 nitrogen and oxygen atoms in total. The first kappa shape index (κ1) is 12.2. The minimum atomic E-state index is -3.01. The normalized spacial score (nSPS) is 26.6. The lowest BCUT2D eigenvalue weighted by Crippen LogP contribution is -2.27. The highest BCUT2D eigenvalue weighted by Gasteiger charge is 2.24. The average molecular weight is 265 g/mol. The van der Waals surface area contributed by atoms with Crippen molar-refractivity contribution in [1.29, 1.82) is 0 Å². The first-order chi connectivity index (χ1) is 8.67. The lowest BCUT2D eigenvalue weighted by molar-refractivity contribution is 0.412. The van der Waals surface area contributed by atoms with Gasteiger partial charge in [0.2, 0.25) is 0 Å². The van der Waals surface area contributed by atoms with Crippen molar-refractivity contribution in [2.45, 2.75) is 43.0 Å². The molecule has 1 aromatic rings. The predicted molar refractivity (Wildman–Crippen MR) is 71.4 cm³/mol. The molecular weight excluding hydrogens is 246 g/mol. The minimum absolute atomic E-state index is 0.307. The summed E-state index contributed by atoms with van der Waals surface area (Å²) in [5, 5.41) is 3.51. The van der Waals surface area contributed by atoms with Gasteiger partial charge in [-0.05, 0) is 49.4 Å². The van der Waals surface area contributed by atoms with Crippen LogP contribution in [0.25, 0.3) is 0 Å². The van der Waals surface area contributed by atoms with E-state index in [1.807, 2.05) is 12.1 Å². The second-order valence-corrected chi connectivity index (χ2v) is 7.37. The monoisotopic (exact) mass is 265 g/mol. The molecule has 0 spiro atoms. The molecule has 0 saturated carbocycles. The molecule has 98 valence electrons. The topological polar surface area (TPSA) is 46.2 Å². The highest BCUT2D eigenvalue weighted by molar-refractivity contribution is 7.91. The predicted octanol–water partition coefficient (Wildman–Crippen LogP) is 2.22. The number of fused-ring (bicyclic) bond motifs is 1. The van der Waals surface area contributed by atoms with Gasteiger partial charge in [0.15, 0.2) is 9.84 Å². The van der Waals surface area contributed by atoms with Gasteiger partial charge in [-0.15, -0.1) is 0 Å². The summed E-state index contributed by atoms with van der Waals surface area (Å²) in [4.78, 5) is 0.563. The van der Waals surface area contributed by atoms with E-state index in [0.29, 0.717) is 16.7 Å². The minimum Gasteiger partial charge on any atom is -0.310 e. The van der Waals surface area contributed by atoms with Crippen molar-refractivity contribution in [3.05, 3.63) is 29.3 Å². The fraction of sp³-hybridized carbons (Fsp3) is 0.571. The van der Waals surface area contributed by atoms with Crippen LogP contribution in [0, 0.1) is 0 Å². The SMILES string of the molecule is O=S1(=O)CCCc2cc(C3CCCCN3)ccc21. The molecule has 1 saturated heterocycles. The van der Waals surface area contributed by atoms with E-state index >= 15 is 0 Å². The summed E-state index contributed by atoms with van der Waals surface area (Å²) in [7, 11) is -3.01. The van der Waals surface area contributed by atoms with Gasteiger partial charge in [-0.25, -0.2) is 8.42 Å². The van der Waals surface area contributed by atoms with Crippen molar-refractivity contribution in [2.24, 2.45) is 0 Å². The molecule has 4 heteroatoms. The number of benzene rings is 1. The zero-order valence-corrected chi connectivity index (χ0v) is 11.3. The van der Waals surface area contributed by atoms with Crippen LogP contribution in [0.2, 0.25) is 0 Å². The van der Waals surface area contributed by atoms with Crippen LogP contribution in [0.4, 0.5) is 0 Å². The van der Waals surface area contributed by atoms with Crippen molar-refractivity contribution < 1.29 is 8.42 Å². The molecule has 1 aromatic carbocycles. The van der Waals surface area contributed by atoms with Crippen molar-refractivity contribution in [3.63, 3.8) is 0 Å². The molecule has 0 aliphatic carbocycles. The summed E-state index contributed by atoms with van der Waals surface area (Å²) in [6.07, 6.45) is 5.32. The summed E-state index contributed by atoms with van der Waals surface area (Å²) in [5.41, 5.74) is 2.27. The lowest BCUT2D eigenvalue weighted by atomic mass is 9.95. The van der Waals surface area contributed by atoms with E-state index in [2.05, 4.69) is 11.4 Å². The van der Waals surface area contributed by atoms with E-state index in [1.54, 1.807) is 0 Å². The zero-order chi connectivity index (χ0) is 12.6. The van der Waals surface area contributed by atoms with Crippen LogP contribution in [0.5, 0.6) is 0 Å². The molecule has 2 aliphatic heterocycles. The molecule has 0 aromatic heterocycles. The van der Waals surface area contributed by atoms with Gasteiger partial charge in [-0.3, -0.25) is 0 Å². The summed E-state index contributed by atoms with van der Waals surface area (Å²) in [5.74, 6) is 0.307. The summed E-state index contributed by atoms with van der Waals surface area (Å²) >= 11 is 0. The number of aryl methyl sites for hydroxylation is 1. The number of hydrogen-bond donors (Lipinski definition) is 1. The molecule has 2 aliphatic rings. The maximum absolute atomic E-state index is 11.9. The highest BCUT2D eigenvalue weighted by atomic mass is 32.2. The Labute approximate surface area is 109 Å². The Kier molecular flexibility index (Phi) is 3.16. The Balaban J connectivity index is 1.95. The van der Waals surface area contributed by atoms with E-state index in [1.165, 1.54) is 18.4 Å². The largest absolute Gasteiger partial charge is 0.310 e. The molecule has 1 N–H and O–H groups in total. The Hall–Kier alpha value is -0.870. The lowest BCUT2D eigenvalue weighted by Gasteiger charge is -2.25. The van der Waals surface area contributed by atoms with Gasteiger partial charge in [0.05, 0.1) is 10.6 Å². The Bertz CT molecular complexity index is 545. The third-order valence-electron chi connectivity index (χ3n) is 3.99. The fourth-order valence-corrected chi connectivity index (χ4v) is 4.59. The summed E-state index contributed by atoms with van der Waals surface area (Å²) in [6, 6.07) is 6.32. The van der Waals surface area contributed by atoms with Crippen LogP contribution in [-0.4, -0.2) is 20.7 Å². The van der Waals surface area contributed by atoms with E-state index in [-0.39, 0.29) is 0 Å². The summed E-state index contributed by atoms with van der Waals surface area (Å²) in [6.45, 7) is 1.07. The standard InChI is InChI=1S/C14H19NO2S/c16-18(17)9-3-4-12-10-11(6-7-14(12)18)13-5-1-2-8-15-13/h6-7,10,13,15H,1-5,8-9H2. The van der Waals surface area contributed by atoms with Crippen LogP contribution in [0.3, 0.4) is 0 Å². The highest BCUT2D eigenvalue weighted by Crippen LogP contribution is 2.30. The molecule has 3 rings (SSSR count). The van der Waals surface area contributed by atoms with Crippen LogP contribution < -0.4 is 5.32 Å². The second kappa shape index (κ2) is 4.67. The van der Waals surface area contributed by atoms with Crippen LogP contribution in [0.1, 0.15) is 42.9 Å². The molecule has 2 heterocycles. The number of nitrogens with one attached hydrogen (secondary N) is 1. The Morgan fingerprint density at radius 2 is 2.06 bits per heavy atom. The van der Waals surface area contributed by atoms with E-state index in [4.69, 9.17) is 0 Å². The fourth-order valence-electron chi connectivity index (χ4n) is 3.01. The molecular formula is C14H19NO2S. The van der Waals surface area contributed by atoms with Gasteiger partial charge < -0.3 is 5.32 Å². The molecule has 1 atom stereocenters. The molecule has 0 radical (unpaired) electrons. The number of piperidine rings is 1. The Morgan fingerprint density at radius 1 is 1.17 bits per heavy atom. The maximum Gasteiger partial charge on any atom is 0.178 e. The quantitative estimate of drug-likeness (QED) is 0.847. The molecule has 18 heavy (non-hydrogen) atoms. The van der Waals surface area contributed by atoms with Crippen molar-refractivity contribution in [2.75, 3.05) is 12.3 Å². The molecule has 1 unspecified atom stereocenters. The van der Waals surface area contributed by atoms with Gasteiger partial charge in [0.25, 0.3) is 0 Å². The van der Waals surface area contributed by atoms with Crippen LogP contribution in [-0.2, 0) is 16.3 Å².